The summed E-state index contributed by atoms with van der Waals surface area (Å²) in [6.45, 7) is 0. The van der Waals surface area contributed by atoms with Crippen molar-refractivity contribution < 1.29 is 14.1 Å². The average molecular weight is 141 g/mol. The monoisotopic (exact) mass is 141 g/mol. The molecule has 0 radical (unpaired) electrons. The van der Waals surface area contributed by atoms with Gasteiger partial charge < -0.3 is 9.68 Å². The Morgan fingerprint density at radius 1 is 1.60 bits per heavy atom. The number of hydrogen-bond donors (Lipinski definition) is 1. The van der Waals surface area contributed by atoms with Crippen molar-refractivity contribution in [1.29, 1.82) is 0 Å². The Bertz CT molecular complexity index is 221. The zero-order chi connectivity index (χ0) is 7.40. The van der Waals surface area contributed by atoms with Crippen LogP contribution in [0.25, 0.3) is 0 Å². The smallest absolute Gasteiger partial charge is 0.504 e. The van der Waals surface area contributed by atoms with Gasteiger partial charge in [0.2, 0.25) is 0 Å². The fraction of sp³-hybridized carbons (Fsp3) is 0. The molecule has 0 bridgehead atoms. The molecule has 0 atom stereocenters. The number of rotatable bonds is 2. The fourth-order valence-corrected chi connectivity index (χ4v) is 0.546. The molecule has 5 heteroatoms. The number of pyridine rings is 1. The maximum Gasteiger partial charge on any atom is 0.504 e. The second kappa shape index (κ2) is 3.17. The minimum absolute atomic E-state index is 0.225. The van der Waals surface area contributed by atoms with Gasteiger partial charge in [-0.05, 0) is 0 Å². The van der Waals surface area contributed by atoms with E-state index in [-0.39, 0.29) is 5.75 Å². The zero-order valence-electron chi connectivity index (χ0n) is 5.12. The topological polar surface area (TPSA) is 42.4 Å². The molecule has 0 saturated heterocycles. The highest BCUT2D eigenvalue weighted by Crippen LogP contribution is 2.07. The van der Waals surface area contributed by atoms with Crippen molar-refractivity contribution in [3.8, 4) is 5.75 Å². The molecular formula is C5H5BFNO2. The van der Waals surface area contributed by atoms with Crippen molar-refractivity contribution in [2.45, 2.75) is 0 Å². The van der Waals surface area contributed by atoms with Crippen LogP contribution in [0.5, 0.6) is 5.75 Å². The summed E-state index contributed by atoms with van der Waals surface area (Å²) in [5, 5.41) is 8.24. The third kappa shape index (κ3) is 1.70. The van der Waals surface area contributed by atoms with Crippen LogP contribution >= 0.6 is 0 Å². The van der Waals surface area contributed by atoms with Gasteiger partial charge in [0.15, 0.2) is 0 Å². The van der Waals surface area contributed by atoms with Crippen molar-refractivity contribution in [3.05, 3.63) is 24.3 Å². The van der Waals surface area contributed by atoms with E-state index < -0.39 is 13.5 Å². The Balaban J connectivity index is 2.75. The lowest BCUT2D eigenvalue weighted by Gasteiger charge is -1.98. The van der Waals surface area contributed by atoms with Gasteiger partial charge in [0, 0.05) is 6.07 Å². The van der Waals surface area contributed by atoms with Gasteiger partial charge in [-0.15, -0.1) is 0 Å². The second-order valence-electron chi connectivity index (χ2n) is 1.61. The molecule has 1 N–H and O–H groups in total. The third-order valence-corrected chi connectivity index (χ3v) is 0.911. The molecule has 0 fully saturated rings. The number of nitrogens with zero attached hydrogens (tertiary/aromatic N) is 1. The standard InChI is InChI=1S/C5H5BFNO2/c7-4-1-5(10-6-9)3-8-2-4/h1-3,6,9H. The Kier molecular flexibility index (Phi) is 2.22. The number of halogens is 1. The van der Waals surface area contributed by atoms with Gasteiger partial charge in [-0.1, -0.05) is 0 Å². The molecule has 1 rings (SSSR count). The second-order valence-corrected chi connectivity index (χ2v) is 1.61. The van der Waals surface area contributed by atoms with E-state index in [0.29, 0.717) is 0 Å². The van der Waals surface area contributed by atoms with Crippen molar-refractivity contribution in [3.63, 3.8) is 0 Å². The molecule has 0 aromatic carbocycles. The lowest BCUT2D eigenvalue weighted by atomic mass is 10.4. The van der Waals surface area contributed by atoms with E-state index in [2.05, 4.69) is 9.64 Å². The van der Waals surface area contributed by atoms with Gasteiger partial charge in [0.05, 0.1) is 12.4 Å². The fourth-order valence-electron chi connectivity index (χ4n) is 0.546. The van der Waals surface area contributed by atoms with Crippen molar-refractivity contribution >= 4 is 7.69 Å². The summed E-state index contributed by atoms with van der Waals surface area (Å²) in [5.74, 6) is -0.256. The summed E-state index contributed by atoms with van der Waals surface area (Å²) in [6, 6.07) is 1.14. The third-order valence-electron chi connectivity index (χ3n) is 0.911. The minimum atomic E-state index is -0.481. The molecule has 1 aromatic rings. The van der Waals surface area contributed by atoms with Crippen LogP contribution in [0.4, 0.5) is 4.39 Å². The van der Waals surface area contributed by atoms with Crippen LogP contribution in [0.15, 0.2) is 18.5 Å². The maximum absolute atomic E-state index is 12.3. The molecule has 0 spiro atoms. The molecule has 10 heavy (non-hydrogen) atoms. The van der Waals surface area contributed by atoms with Crippen LogP contribution in [0.2, 0.25) is 0 Å². The van der Waals surface area contributed by atoms with Crippen molar-refractivity contribution in [1.82, 2.24) is 4.98 Å². The lowest BCUT2D eigenvalue weighted by Crippen LogP contribution is -2.00. The first-order valence-electron chi connectivity index (χ1n) is 2.67. The maximum atomic E-state index is 12.3. The molecule has 3 nitrogen and oxygen atoms in total. The molecule has 0 aliphatic rings. The van der Waals surface area contributed by atoms with Crippen LogP contribution in [0, 0.1) is 5.82 Å². The Labute approximate surface area is 57.8 Å². The molecular weight excluding hydrogens is 136 g/mol. The summed E-state index contributed by atoms with van der Waals surface area (Å²) >= 11 is 0. The Hall–Kier alpha value is -1.10. The van der Waals surface area contributed by atoms with Gasteiger partial charge in [-0.3, -0.25) is 4.98 Å². The minimum Gasteiger partial charge on any atom is -0.538 e. The van der Waals surface area contributed by atoms with E-state index in [1.54, 1.807) is 0 Å². The zero-order valence-corrected chi connectivity index (χ0v) is 5.12. The van der Waals surface area contributed by atoms with Crippen molar-refractivity contribution in [2.75, 3.05) is 0 Å². The molecule has 0 aliphatic heterocycles. The van der Waals surface area contributed by atoms with Crippen LogP contribution in [0.1, 0.15) is 0 Å². The van der Waals surface area contributed by atoms with Crippen molar-refractivity contribution in [2.24, 2.45) is 0 Å². The summed E-state index contributed by atoms with van der Waals surface area (Å²) in [7, 11) is -0.467. The first kappa shape index (κ1) is 7.02. The molecule has 1 aromatic heterocycles. The van der Waals surface area contributed by atoms with Gasteiger partial charge in [-0.2, -0.15) is 0 Å². The first-order valence-corrected chi connectivity index (χ1v) is 2.67. The Morgan fingerprint density at radius 3 is 3.00 bits per heavy atom. The van der Waals surface area contributed by atoms with Gasteiger partial charge in [0.1, 0.15) is 11.6 Å². The summed E-state index contributed by atoms with van der Waals surface area (Å²) in [5.41, 5.74) is 0. The van der Waals surface area contributed by atoms with E-state index in [1.807, 2.05) is 0 Å². The first-order chi connectivity index (χ1) is 4.83. The van der Waals surface area contributed by atoms with E-state index in [9.17, 15) is 4.39 Å². The quantitative estimate of drug-likeness (QED) is 0.582. The molecule has 0 unspecified atom stereocenters. The van der Waals surface area contributed by atoms with E-state index in [1.165, 1.54) is 6.20 Å². The average Bonchev–Trinajstić information content (AvgIpc) is 1.88. The molecule has 52 valence electrons. The normalized spacial score (nSPS) is 9.00. The summed E-state index contributed by atoms with van der Waals surface area (Å²) < 4.78 is 16.8. The summed E-state index contributed by atoms with van der Waals surface area (Å²) in [4.78, 5) is 3.49. The van der Waals surface area contributed by atoms with Crippen LogP contribution in [-0.4, -0.2) is 17.7 Å². The highest BCUT2D eigenvalue weighted by atomic mass is 19.1. The highest BCUT2D eigenvalue weighted by molar-refractivity contribution is 6.17. The van der Waals surface area contributed by atoms with Gasteiger partial charge in [-0.25, -0.2) is 4.39 Å². The SMILES string of the molecule is OBOc1cncc(F)c1. The predicted molar refractivity (Wildman–Crippen MR) is 34.2 cm³/mol. The van der Waals surface area contributed by atoms with Gasteiger partial charge >= 0.3 is 7.69 Å². The molecule has 1 heterocycles. The Morgan fingerprint density at radius 2 is 2.40 bits per heavy atom. The molecule has 0 amide bonds. The summed E-state index contributed by atoms with van der Waals surface area (Å²) in [6.07, 6.45) is 2.38. The number of aromatic nitrogens is 1. The van der Waals surface area contributed by atoms with Crippen LogP contribution < -0.4 is 4.65 Å². The highest BCUT2D eigenvalue weighted by Gasteiger charge is 1.94. The largest absolute Gasteiger partial charge is 0.538 e. The number of hydrogen-bond acceptors (Lipinski definition) is 3. The van der Waals surface area contributed by atoms with Crippen LogP contribution in [-0.2, 0) is 0 Å². The van der Waals surface area contributed by atoms with E-state index in [0.717, 1.165) is 12.3 Å². The molecule has 0 aliphatic carbocycles. The van der Waals surface area contributed by atoms with Gasteiger partial charge in [0.25, 0.3) is 0 Å². The predicted octanol–water partition coefficient (Wildman–Crippen LogP) is -0.142. The van der Waals surface area contributed by atoms with Crippen LogP contribution in [0.3, 0.4) is 0 Å². The van der Waals surface area contributed by atoms with E-state index >= 15 is 0 Å². The lowest BCUT2D eigenvalue weighted by molar-refractivity contribution is 0.449. The van der Waals surface area contributed by atoms with E-state index in [4.69, 9.17) is 5.02 Å². The molecule has 0 saturated carbocycles.